The number of hydrogen-bond donors (Lipinski definition) is 2. The summed E-state index contributed by atoms with van der Waals surface area (Å²) >= 11 is 0. The fraction of sp³-hybridized carbons (Fsp3) is 0.250. The number of benzene rings is 1. The van der Waals surface area contributed by atoms with Gasteiger partial charge in [-0.05, 0) is 54.8 Å². The van der Waals surface area contributed by atoms with Gasteiger partial charge in [-0.15, -0.1) is 0 Å². The number of nitrogens with one attached hydrogen (secondary N) is 1. The van der Waals surface area contributed by atoms with Crippen LogP contribution in [0.15, 0.2) is 36.5 Å². The van der Waals surface area contributed by atoms with Crippen molar-refractivity contribution < 1.29 is 0 Å². The lowest BCUT2D eigenvalue weighted by Crippen LogP contribution is -2.18. The van der Waals surface area contributed by atoms with E-state index < -0.39 is 0 Å². The van der Waals surface area contributed by atoms with Gasteiger partial charge >= 0.3 is 0 Å². The number of nitrogen functional groups attached to an aromatic ring is 1. The zero-order valence-corrected chi connectivity index (χ0v) is 12.1. The normalized spacial score (nSPS) is 10.3. The minimum Gasteiger partial charge on any atom is -0.382 e. The Morgan fingerprint density at radius 3 is 2.45 bits per heavy atom. The van der Waals surface area contributed by atoms with Crippen molar-refractivity contribution in [3.05, 3.63) is 58.9 Å². The molecule has 0 spiro atoms. The number of aromatic nitrogens is 1. The molecule has 20 heavy (non-hydrogen) atoms. The zero-order chi connectivity index (χ0) is 14.7. The van der Waals surface area contributed by atoms with Crippen LogP contribution < -0.4 is 10.6 Å². The third kappa shape index (κ3) is 3.35. The maximum absolute atomic E-state index is 7.44. The van der Waals surface area contributed by atoms with Crippen molar-refractivity contribution in [3.63, 3.8) is 0 Å². The van der Waals surface area contributed by atoms with Gasteiger partial charge < -0.3 is 10.6 Å². The van der Waals surface area contributed by atoms with Gasteiger partial charge in [0.15, 0.2) is 0 Å². The summed E-state index contributed by atoms with van der Waals surface area (Å²) in [4.78, 5) is 6.26. The van der Waals surface area contributed by atoms with Gasteiger partial charge in [-0.1, -0.05) is 6.07 Å². The molecule has 0 unspecified atom stereocenters. The fourth-order valence-electron chi connectivity index (χ4n) is 2.26. The van der Waals surface area contributed by atoms with Crippen molar-refractivity contribution in [1.82, 2.24) is 4.98 Å². The number of amidine groups is 1. The molecule has 0 bridgehead atoms. The molecule has 0 aliphatic rings. The highest BCUT2D eigenvalue weighted by molar-refractivity contribution is 5.93. The van der Waals surface area contributed by atoms with Gasteiger partial charge in [0.25, 0.3) is 0 Å². The van der Waals surface area contributed by atoms with Crippen molar-refractivity contribution in [2.24, 2.45) is 5.73 Å². The van der Waals surface area contributed by atoms with Crippen LogP contribution in [0.5, 0.6) is 0 Å². The summed E-state index contributed by atoms with van der Waals surface area (Å²) in [5.41, 5.74) is 10.8. The number of rotatable bonds is 4. The molecule has 3 N–H and O–H groups in total. The average molecular weight is 268 g/mol. The number of anilines is 1. The lowest BCUT2D eigenvalue weighted by molar-refractivity contribution is 0.916. The van der Waals surface area contributed by atoms with Crippen LogP contribution in [0.2, 0.25) is 0 Å². The highest BCUT2D eigenvalue weighted by Crippen LogP contribution is 2.19. The van der Waals surface area contributed by atoms with Gasteiger partial charge in [0, 0.05) is 25.5 Å². The van der Waals surface area contributed by atoms with E-state index in [-0.39, 0.29) is 5.84 Å². The molecule has 0 aliphatic carbocycles. The number of pyridine rings is 1. The molecule has 2 aromatic rings. The number of aryl methyl sites for hydroxylation is 2. The Hall–Kier alpha value is -2.36. The Morgan fingerprint density at radius 1 is 1.20 bits per heavy atom. The van der Waals surface area contributed by atoms with E-state index >= 15 is 0 Å². The Balaban J connectivity index is 2.20. The van der Waals surface area contributed by atoms with E-state index in [0.717, 1.165) is 12.1 Å². The molecule has 0 fully saturated rings. The second-order valence-corrected chi connectivity index (χ2v) is 5.16. The van der Waals surface area contributed by atoms with E-state index in [2.05, 4.69) is 49.0 Å². The summed E-state index contributed by atoms with van der Waals surface area (Å²) < 4.78 is 0. The first-order valence-corrected chi connectivity index (χ1v) is 6.54. The summed E-state index contributed by atoms with van der Waals surface area (Å²) in [5.74, 6) is 0.000836. The number of hydrogen-bond acceptors (Lipinski definition) is 3. The lowest BCUT2D eigenvalue weighted by Gasteiger charge is -2.20. The van der Waals surface area contributed by atoms with Gasteiger partial charge in [0.05, 0.1) is 0 Å². The van der Waals surface area contributed by atoms with Gasteiger partial charge in [-0.25, -0.2) is 0 Å². The van der Waals surface area contributed by atoms with Crippen LogP contribution in [0, 0.1) is 19.3 Å². The third-order valence-electron chi connectivity index (χ3n) is 3.17. The highest BCUT2D eigenvalue weighted by atomic mass is 15.1. The van der Waals surface area contributed by atoms with Gasteiger partial charge in [0.1, 0.15) is 11.5 Å². The van der Waals surface area contributed by atoms with Crippen molar-refractivity contribution in [2.45, 2.75) is 20.4 Å². The Kier molecular flexibility index (Phi) is 4.03. The Morgan fingerprint density at radius 2 is 1.85 bits per heavy atom. The molecule has 1 aromatic heterocycles. The first-order valence-electron chi connectivity index (χ1n) is 6.54. The first kappa shape index (κ1) is 14.1. The smallest absolute Gasteiger partial charge is 0.141 e. The molecule has 0 aliphatic heterocycles. The van der Waals surface area contributed by atoms with Crippen LogP contribution in [-0.2, 0) is 6.54 Å². The number of nitrogens with two attached hydrogens (primary N) is 1. The lowest BCUT2D eigenvalue weighted by atomic mass is 10.1. The van der Waals surface area contributed by atoms with Crippen molar-refractivity contribution in [3.8, 4) is 0 Å². The summed E-state index contributed by atoms with van der Waals surface area (Å²) in [6.07, 6.45) is 1.70. The molecule has 0 atom stereocenters. The Bertz CT molecular complexity index is 614. The molecule has 1 heterocycles. The third-order valence-corrected chi connectivity index (χ3v) is 3.17. The van der Waals surface area contributed by atoms with E-state index in [4.69, 9.17) is 11.1 Å². The maximum Gasteiger partial charge on any atom is 0.141 e. The molecule has 0 amide bonds. The van der Waals surface area contributed by atoms with E-state index in [9.17, 15) is 0 Å². The van der Waals surface area contributed by atoms with Gasteiger partial charge in [0.2, 0.25) is 0 Å². The molecule has 0 saturated carbocycles. The molecule has 1 aromatic carbocycles. The van der Waals surface area contributed by atoms with Crippen molar-refractivity contribution in [2.75, 3.05) is 11.9 Å². The number of nitrogens with zero attached hydrogens (tertiary/aromatic N) is 2. The SMILES string of the molecule is Cc1cc(C)cc(N(C)Cc2ccnc(C(=N)N)c2)c1. The first-order chi connectivity index (χ1) is 9.45. The quantitative estimate of drug-likeness (QED) is 0.661. The van der Waals surface area contributed by atoms with Gasteiger partial charge in [-0.3, -0.25) is 10.4 Å². The van der Waals surface area contributed by atoms with Crippen LogP contribution in [0.3, 0.4) is 0 Å². The zero-order valence-electron chi connectivity index (χ0n) is 12.1. The van der Waals surface area contributed by atoms with Crippen molar-refractivity contribution in [1.29, 1.82) is 5.41 Å². The van der Waals surface area contributed by atoms with E-state index in [1.807, 2.05) is 12.1 Å². The standard InChI is InChI=1S/C16H20N4/c1-11-6-12(2)8-14(7-11)20(3)10-13-4-5-19-15(9-13)16(17)18/h4-9H,10H2,1-3H3,(H3,17,18). The molecular weight excluding hydrogens is 248 g/mol. The second kappa shape index (κ2) is 5.74. The predicted octanol–water partition coefficient (Wildman–Crippen LogP) is 2.62. The molecule has 0 saturated heterocycles. The maximum atomic E-state index is 7.44. The molecule has 104 valence electrons. The molecule has 4 heteroatoms. The summed E-state index contributed by atoms with van der Waals surface area (Å²) in [5, 5.41) is 7.44. The van der Waals surface area contributed by atoms with E-state index in [1.165, 1.54) is 16.8 Å². The van der Waals surface area contributed by atoms with E-state index in [0.29, 0.717) is 5.69 Å². The minimum atomic E-state index is 0.000836. The van der Waals surface area contributed by atoms with Crippen LogP contribution in [0.4, 0.5) is 5.69 Å². The van der Waals surface area contributed by atoms with Crippen LogP contribution >= 0.6 is 0 Å². The predicted molar refractivity (Wildman–Crippen MR) is 83.3 cm³/mol. The molecule has 4 nitrogen and oxygen atoms in total. The second-order valence-electron chi connectivity index (χ2n) is 5.16. The summed E-state index contributed by atoms with van der Waals surface area (Å²) in [6.45, 7) is 4.96. The molecule has 2 rings (SSSR count). The van der Waals surface area contributed by atoms with Crippen LogP contribution in [0.25, 0.3) is 0 Å². The molecular formula is C16H20N4. The van der Waals surface area contributed by atoms with Crippen molar-refractivity contribution >= 4 is 11.5 Å². The monoisotopic (exact) mass is 268 g/mol. The minimum absolute atomic E-state index is 0.000836. The van der Waals surface area contributed by atoms with E-state index in [1.54, 1.807) is 6.20 Å². The summed E-state index contributed by atoms with van der Waals surface area (Å²) in [7, 11) is 2.06. The Labute approximate surface area is 119 Å². The fourth-order valence-corrected chi connectivity index (χ4v) is 2.26. The highest BCUT2D eigenvalue weighted by Gasteiger charge is 2.06. The largest absolute Gasteiger partial charge is 0.382 e. The average Bonchev–Trinajstić information content (AvgIpc) is 2.37. The topological polar surface area (TPSA) is 66.0 Å². The molecule has 0 radical (unpaired) electrons. The van der Waals surface area contributed by atoms with Crippen LogP contribution in [-0.4, -0.2) is 17.9 Å². The summed E-state index contributed by atoms with van der Waals surface area (Å²) in [6, 6.07) is 10.3. The van der Waals surface area contributed by atoms with Gasteiger partial charge in [-0.2, -0.15) is 0 Å². The van der Waals surface area contributed by atoms with Crippen LogP contribution in [0.1, 0.15) is 22.4 Å².